The summed E-state index contributed by atoms with van der Waals surface area (Å²) < 4.78 is 2.18. The lowest BCUT2D eigenvalue weighted by Gasteiger charge is -2.00. The van der Waals surface area contributed by atoms with Crippen molar-refractivity contribution in [3.8, 4) is 0 Å². The highest BCUT2D eigenvalue weighted by Crippen LogP contribution is 2.21. The molecule has 0 bridgehead atoms. The lowest BCUT2D eigenvalue weighted by atomic mass is 10.2. The molecule has 0 spiro atoms. The minimum Gasteiger partial charge on any atom is -0.325 e. The van der Waals surface area contributed by atoms with Crippen LogP contribution in [0.4, 0.5) is 0 Å². The van der Waals surface area contributed by atoms with Gasteiger partial charge in [-0.3, -0.25) is 0 Å². The molecule has 0 amide bonds. The van der Waals surface area contributed by atoms with E-state index in [0.29, 0.717) is 0 Å². The van der Waals surface area contributed by atoms with Crippen molar-refractivity contribution < 1.29 is 0 Å². The highest BCUT2D eigenvalue weighted by molar-refractivity contribution is 7.09. The number of thiazole rings is 1. The third-order valence-electron chi connectivity index (χ3n) is 3.06. The number of hydrogen-bond donors (Lipinski definition) is 1. The van der Waals surface area contributed by atoms with Gasteiger partial charge in [-0.15, -0.1) is 11.3 Å². The number of aryl methyl sites for hydroxylation is 1. The van der Waals surface area contributed by atoms with Crippen LogP contribution in [0, 0.1) is 6.92 Å². The van der Waals surface area contributed by atoms with Crippen LogP contribution < -0.4 is 5.32 Å². The molecule has 3 aromatic rings. The van der Waals surface area contributed by atoms with E-state index >= 15 is 0 Å². The number of pyridine rings is 1. The number of hydrogen-bond acceptors (Lipinski definition) is 4. The minimum atomic E-state index is 0.787. The molecule has 0 aliphatic carbocycles. The van der Waals surface area contributed by atoms with E-state index in [1.807, 2.05) is 26.2 Å². The van der Waals surface area contributed by atoms with E-state index in [-0.39, 0.29) is 0 Å². The Bertz CT molecular complexity index is 698. The summed E-state index contributed by atoms with van der Waals surface area (Å²) in [6, 6.07) is 4.11. The van der Waals surface area contributed by atoms with Crippen molar-refractivity contribution in [3.05, 3.63) is 46.2 Å². The number of fused-ring (bicyclic) bond motifs is 1. The second-order valence-electron chi connectivity index (χ2n) is 4.57. The second-order valence-corrected chi connectivity index (χ2v) is 5.51. The molecule has 0 atom stereocenters. The molecule has 4 nitrogen and oxygen atoms in total. The predicted molar refractivity (Wildman–Crippen MR) is 78.4 cm³/mol. The number of rotatable bonds is 4. The summed E-state index contributed by atoms with van der Waals surface area (Å²) >= 11 is 1.70. The fourth-order valence-electron chi connectivity index (χ4n) is 2.27. The Hall–Kier alpha value is -1.72. The summed E-state index contributed by atoms with van der Waals surface area (Å²) in [7, 11) is 1.96. The first kappa shape index (κ1) is 12.3. The molecule has 3 heterocycles. The molecule has 3 aromatic heterocycles. The molecular weight excluding hydrogens is 256 g/mol. The van der Waals surface area contributed by atoms with Gasteiger partial charge in [-0.25, -0.2) is 9.97 Å². The largest absolute Gasteiger partial charge is 0.325 e. The van der Waals surface area contributed by atoms with Crippen LogP contribution in [0.1, 0.15) is 16.3 Å². The smallest absolute Gasteiger partial charge is 0.140 e. The molecule has 98 valence electrons. The first-order chi connectivity index (χ1) is 9.28. The minimum absolute atomic E-state index is 0.787. The Labute approximate surface area is 116 Å². The molecule has 19 heavy (non-hydrogen) atoms. The Kier molecular flexibility index (Phi) is 3.31. The average Bonchev–Trinajstić information content (AvgIpc) is 2.97. The molecule has 0 saturated heterocycles. The van der Waals surface area contributed by atoms with Gasteiger partial charge in [0.1, 0.15) is 10.7 Å². The molecule has 0 unspecified atom stereocenters. The van der Waals surface area contributed by atoms with E-state index in [1.165, 1.54) is 10.9 Å². The van der Waals surface area contributed by atoms with E-state index in [9.17, 15) is 0 Å². The lowest BCUT2D eigenvalue weighted by Crippen LogP contribution is -2.04. The molecule has 0 radical (unpaired) electrons. The van der Waals surface area contributed by atoms with E-state index in [0.717, 1.165) is 29.4 Å². The molecule has 0 aromatic carbocycles. The van der Waals surface area contributed by atoms with Gasteiger partial charge in [0.2, 0.25) is 0 Å². The maximum Gasteiger partial charge on any atom is 0.140 e. The van der Waals surface area contributed by atoms with Crippen LogP contribution in [0.5, 0.6) is 0 Å². The Morgan fingerprint density at radius 2 is 2.32 bits per heavy atom. The van der Waals surface area contributed by atoms with Crippen molar-refractivity contribution >= 4 is 22.4 Å². The molecule has 3 rings (SSSR count). The predicted octanol–water partition coefficient (Wildman–Crippen LogP) is 2.57. The zero-order valence-corrected chi connectivity index (χ0v) is 11.9. The van der Waals surface area contributed by atoms with E-state index < -0.39 is 0 Å². The summed E-state index contributed by atoms with van der Waals surface area (Å²) in [4.78, 5) is 9.02. The van der Waals surface area contributed by atoms with Gasteiger partial charge in [-0.2, -0.15) is 0 Å². The van der Waals surface area contributed by atoms with Crippen LogP contribution in [-0.2, 0) is 13.1 Å². The van der Waals surface area contributed by atoms with Crippen LogP contribution in [0.2, 0.25) is 0 Å². The van der Waals surface area contributed by atoms with Crippen molar-refractivity contribution in [1.29, 1.82) is 0 Å². The zero-order valence-electron chi connectivity index (χ0n) is 11.1. The van der Waals surface area contributed by atoms with Crippen molar-refractivity contribution in [3.63, 3.8) is 0 Å². The topological polar surface area (TPSA) is 42.7 Å². The van der Waals surface area contributed by atoms with Gasteiger partial charge in [-0.1, -0.05) is 0 Å². The molecular formula is C14H16N4S. The van der Waals surface area contributed by atoms with Gasteiger partial charge in [-0.05, 0) is 31.7 Å². The fourth-order valence-corrected chi connectivity index (χ4v) is 3.04. The second kappa shape index (κ2) is 5.11. The van der Waals surface area contributed by atoms with Crippen molar-refractivity contribution in [1.82, 2.24) is 19.9 Å². The first-order valence-corrected chi connectivity index (χ1v) is 7.14. The van der Waals surface area contributed by atoms with E-state index in [2.05, 4.69) is 37.5 Å². The van der Waals surface area contributed by atoms with Gasteiger partial charge in [0.15, 0.2) is 0 Å². The maximum absolute atomic E-state index is 4.52. The monoisotopic (exact) mass is 272 g/mol. The maximum atomic E-state index is 4.52. The van der Waals surface area contributed by atoms with Crippen molar-refractivity contribution in [2.24, 2.45) is 0 Å². The highest BCUT2D eigenvalue weighted by Gasteiger charge is 2.10. The van der Waals surface area contributed by atoms with Gasteiger partial charge < -0.3 is 9.88 Å². The van der Waals surface area contributed by atoms with Gasteiger partial charge in [0, 0.05) is 35.4 Å². The average molecular weight is 272 g/mol. The molecule has 5 heteroatoms. The van der Waals surface area contributed by atoms with E-state index in [1.54, 1.807) is 11.3 Å². The third kappa shape index (κ3) is 2.39. The fraction of sp³-hybridized carbons (Fsp3) is 0.286. The van der Waals surface area contributed by atoms with Crippen LogP contribution in [0.15, 0.2) is 29.9 Å². The van der Waals surface area contributed by atoms with Crippen molar-refractivity contribution in [2.75, 3.05) is 7.05 Å². The SMILES string of the molecule is CNCc1cn(Cc2nc(C)cs2)c2ncccc12. The Morgan fingerprint density at radius 1 is 1.42 bits per heavy atom. The van der Waals surface area contributed by atoms with Gasteiger partial charge in [0.25, 0.3) is 0 Å². The van der Waals surface area contributed by atoms with Gasteiger partial charge >= 0.3 is 0 Å². The molecule has 0 aliphatic rings. The number of nitrogens with zero attached hydrogens (tertiary/aromatic N) is 3. The Balaban J connectivity index is 2.03. The quantitative estimate of drug-likeness (QED) is 0.794. The number of nitrogens with one attached hydrogen (secondary N) is 1. The van der Waals surface area contributed by atoms with Crippen LogP contribution in [0.3, 0.4) is 0 Å². The molecule has 0 saturated carbocycles. The number of aromatic nitrogens is 3. The first-order valence-electron chi connectivity index (χ1n) is 6.26. The summed E-state index contributed by atoms with van der Waals surface area (Å²) in [6.45, 7) is 3.67. The van der Waals surface area contributed by atoms with Crippen LogP contribution in [-0.4, -0.2) is 21.6 Å². The molecule has 1 N–H and O–H groups in total. The van der Waals surface area contributed by atoms with E-state index in [4.69, 9.17) is 0 Å². The lowest BCUT2D eigenvalue weighted by molar-refractivity contribution is 0.786. The Morgan fingerprint density at radius 3 is 3.05 bits per heavy atom. The molecule has 0 aliphatic heterocycles. The van der Waals surface area contributed by atoms with Crippen LogP contribution in [0.25, 0.3) is 11.0 Å². The third-order valence-corrected chi connectivity index (χ3v) is 4.01. The van der Waals surface area contributed by atoms with Gasteiger partial charge in [0.05, 0.1) is 6.54 Å². The normalized spacial score (nSPS) is 11.3. The summed E-state index contributed by atoms with van der Waals surface area (Å²) in [5.74, 6) is 0. The van der Waals surface area contributed by atoms with Crippen LogP contribution >= 0.6 is 11.3 Å². The highest BCUT2D eigenvalue weighted by atomic mass is 32.1. The summed E-state index contributed by atoms with van der Waals surface area (Å²) in [5, 5.41) is 7.62. The standard InChI is InChI=1S/C14H16N4S/c1-10-9-19-13(17-10)8-18-7-11(6-15-2)12-4-3-5-16-14(12)18/h3-5,7,9,15H,6,8H2,1-2H3. The molecule has 0 fully saturated rings. The zero-order chi connectivity index (χ0) is 13.2. The summed E-state index contributed by atoms with van der Waals surface area (Å²) in [5.41, 5.74) is 3.39. The summed E-state index contributed by atoms with van der Waals surface area (Å²) in [6.07, 6.45) is 4.01. The van der Waals surface area contributed by atoms with Crippen molar-refractivity contribution in [2.45, 2.75) is 20.0 Å².